The van der Waals surface area contributed by atoms with Gasteiger partial charge in [-0.25, -0.2) is 4.39 Å². The Balaban J connectivity index is 2.04. The van der Waals surface area contributed by atoms with Gasteiger partial charge in [0.1, 0.15) is 18.2 Å². The van der Waals surface area contributed by atoms with E-state index in [1.54, 1.807) is 6.07 Å². The first-order valence-electron chi connectivity index (χ1n) is 6.05. The maximum Gasteiger partial charge on any atom is 0.257 e. The lowest BCUT2D eigenvalue weighted by molar-refractivity contribution is -0.111. The molecule has 108 valence electrons. The molecule has 6 heteroatoms. The van der Waals surface area contributed by atoms with Crippen molar-refractivity contribution in [2.24, 2.45) is 0 Å². The lowest BCUT2D eigenvalue weighted by Gasteiger charge is -2.08. The van der Waals surface area contributed by atoms with Crippen LogP contribution in [0.3, 0.4) is 0 Å². The van der Waals surface area contributed by atoms with E-state index in [0.29, 0.717) is 5.56 Å². The van der Waals surface area contributed by atoms with Crippen molar-refractivity contribution in [3.8, 4) is 5.75 Å². The summed E-state index contributed by atoms with van der Waals surface area (Å²) in [6.45, 7) is 3.29. The maximum absolute atomic E-state index is 13.7. The molecule has 1 aromatic heterocycles. The summed E-state index contributed by atoms with van der Waals surface area (Å²) < 4.78 is 31.9. The first-order valence-corrected chi connectivity index (χ1v) is 6.05. The van der Waals surface area contributed by atoms with Crippen molar-refractivity contribution in [3.05, 3.63) is 66.4 Å². The number of nitrogens with zero attached hydrogens (tertiary/aromatic N) is 1. The Morgan fingerprint density at radius 1 is 1.33 bits per heavy atom. The molecule has 0 saturated carbocycles. The lowest BCUT2D eigenvalue weighted by Crippen LogP contribution is -2.09. The Bertz CT molecular complexity index is 674. The van der Waals surface area contributed by atoms with Gasteiger partial charge >= 0.3 is 0 Å². The molecule has 1 N–H and O–H groups in total. The summed E-state index contributed by atoms with van der Waals surface area (Å²) in [7, 11) is 0. The fourth-order valence-electron chi connectivity index (χ4n) is 1.56. The molecule has 1 amide bonds. The number of amides is 1. The van der Waals surface area contributed by atoms with Crippen molar-refractivity contribution in [1.82, 2.24) is 4.98 Å². The van der Waals surface area contributed by atoms with Gasteiger partial charge < -0.3 is 10.1 Å². The highest BCUT2D eigenvalue weighted by Crippen LogP contribution is 2.19. The van der Waals surface area contributed by atoms with Crippen molar-refractivity contribution in [2.45, 2.75) is 6.61 Å². The Labute approximate surface area is 120 Å². The fraction of sp³-hybridized carbons (Fsp3) is 0.0667. The molecule has 0 aliphatic rings. The highest BCUT2D eigenvalue weighted by molar-refractivity contribution is 5.98. The molecule has 1 heterocycles. The smallest absolute Gasteiger partial charge is 0.257 e. The van der Waals surface area contributed by atoms with Crippen molar-refractivity contribution in [2.75, 3.05) is 5.32 Å². The first kappa shape index (κ1) is 14.6. The maximum atomic E-state index is 13.7. The van der Waals surface area contributed by atoms with Gasteiger partial charge in [-0.1, -0.05) is 18.7 Å². The zero-order chi connectivity index (χ0) is 15.2. The summed E-state index contributed by atoms with van der Waals surface area (Å²) in [5.74, 6) is -1.79. The summed E-state index contributed by atoms with van der Waals surface area (Å²) in [6, 6.07) is 8.53. The number of halogens is 2. The van der Waals surface area contributed by atoms with Gasteiger partial charge in [-0.3, -0.25) is 4.79 Å². The molecular weight excluding hydrogens is 278 g/mol. The van der Waals surface area contributed by atoms with Crippen LogP contribution in [0.15, 0.2) is 49.1 Å². The molecule has 0 radical (unpaired) electrons. The van der Waals surface area contributed by atoms with E-state index in [1.165, 1.54) is 30.3 Å². The van der Waals surface area contributed by atoms with Crippen LogP contribution in [0.1, 0.15) is 5.56 Å². The van der Waals surface area contributed by atoms with Gasteiger partial charge in [0.05, 0.1) is 0 Å². The second-order valence-corrected chi connectivity index (χ2v) is 4.10. The third-order valence-corrected chi connectivity index (χ3v) is 2.53. The SMILES string of the molecule is C=CC(=O)Nc1ccc(OCc2cccc(F)c2)c(F)n1. The van der Waals surface area contributed by atoms with Gasteiger partial charge in [-0.05, 0) is 35.9 Å². The molecular formula is C15H12F2N2O2. The number of benzene rings is 1. The zero-order valence-electron chi connectivity index (χ0n) is 11.0. The first-order chi connectivity index (χ1) is 10.1. The Kier molecular flexibility index (Phi) is 4.61. The zero-order valence-corrected chi connectivity index (χ0v) is 11.0. The van der Waals surface area contributed by atoms with E-state index in [2.05, 4.69) is 16.9 Å². The number of pyridine rings is 1. The molecule has 0 aliphatic heterocycles. The molecule has 21 heavy (non-hydrogen) atoms. The van der Waals surface area contributed by atoms with Crippen LogP contribution in [0.4, 0.5) is 14.6 Å². The van der Waals surface area contributed by atoms with Crippen molar-refractivity contribution in [1.29, 1.82) is 0 Å². The molecule has 2 aromatic rings. The van der Waals surface area contributed by atoms with E-state index >= 15 is 0 Å². The predicted molar refractivity (Wildman–Crippen MR) is 73.8 cm³/mol. The molecule has 0 saturated heterocycles. The summed E-state index contributed by atoms with van der Waals surface area (Å²) in [4.78, 5) is 14.6. The largest absolute Gasteiger partial charge is 0.484 e. The average molecular weight is 290 g/mol. The fourth-order valence-corrected chi connectivity index (χ4v) is 1.56. The van der Waals surface area contributed by atoms with E-state index < -0.39 is 17.7 Å². The monoisotopic (exact) mass is 290 g/mol. The van der Waals surface area contributed by atoms with Crippen LogP contribution in [0.25, 0.3) is 0 Å². The number of hydrogen-bond donors (Lipinski definition) is 1. The average Bonchev–Trinajstić information content (AvgIpc) is 2.46. The molecule has 0 fully saturated rings. The molecule has 0 unspecified atom stereocenters. The number of carbonyl (C=O) groups excluding carboxylic acids is 1. The standard InChI is InChI=1S/C15H12F2N2O2/c1-2-14(20)18-13-7-6-12(15(17)19-13)21-9-10-4-3-5-11(16)8-10/h2-8H,1,9H2,(H,18,19,20). The third kappa shape index (κ3) is 4.10. The number of ether oxygens (including phenoxy) is 1. The Hall–Kier alpha value is -2.76. The highest BCUT2D eigenvalue weighted by Gasteiger charge is 2.08. The van der Waals surface area contributed by atoms with Gasteiger partial charge in [-0.15, -0.1) is 0 Å². The minimum Gasteiger partial charge on any atom is -0.484 e. The number of aromatic nitrogens is 1. The number of anilines is 1. The van der Waals surface area contributed by atoms with Gasteiger partial charge in [-0.2, -0.15) is 9.37 Å². The minimum atomic E-state index is -0.867. The normalized spacial score (nSPS) is 10.0. The molecule has 1 aromatic carbocycles. The van der Waals surface area contributed by atoms with E-state index in [9.17, 15) is 13.6 Å². The quantitative estimate of drug-likeness (QED) is 0.680. The van der Waals surface area contributed by atoms with Crippen molar-refractivity contribution >= 4 is 11.7 Å². The molecule has 0 spiro atoms. The van der Waals surface area contributed by atoms with Crippen molar-refractivity contribution in [3.63, 3.8) is 0 Å². The predicted octanol–water partition coefficient (Wildman–Crippen LogP) is 3.06. The van der Waals surface area contributed by atoms with Crippen LogP contribution in [0.2, 0.25) is 0 Å². The number of rotatable bonds is 5. The summed E-state index contributed by atoms with van der Waals surface area (Å²) in [5.41, 5.74) is 0.568. The van der Waals surface area contributed by atoms with Gasteiger partial charge in [0.25, 0.3) is 5.95 Å². The van der Waals surface area contributed by atoms with Crippen LogP contribution in [0.5, 0.6) is 5.75 Å². The Morgan fingerprint density at radius 2 is 2.14 bits per heavy atom. The van der Waals surface area contributed by atoms with Gasteiger partial charge in [0.2, 0.25) is 5.91 Å². The second-order valence-electron chi connectivity index (χ2n) is 4.10. The van der Waals surface area contributed by atoms with Crippen molar-refractivity contribution < 1.29 is 18.3 Å². The minimum absolute atomic E-state index is 0.00865. The summed E-state index contributed by atoms with van der Waals surface area (Å²) >= 11 is 0. The molecule has 0 bridgehead atoms. The van der Waals surface area contributed by atoms with Gasteiger partial charge in [0, 0.05) is 0 Å². The summed E-state index contributed by atoms with van der Waals surface area (Å²) in [6.07, 6.45) is 1.05. The van der Waals surface area contributed by atoms with Crippen LogP contribution in [-0.4, -0.2) is 10.9 Å². The van der Waals surface area contributed by atoms with E-state index in [-0.39, 0.29) is 18.2 Å². The molecule has 0 atom stereocenters. The van der Waals surface area contributed by atoms with Gasteiger partial charge in [0.15, 0.2) is 5.75 Å². The molecule has 4 nitrogen and oxygen atoms in total. The number of nitrogens with one attached hydrogen (secondary N) is 1. The second kappa shape index (κ2) is 6.60. The number of hydrogen-bond acceptors (Lipinski definition) is 3. The summed E-state index contributed by atoms with van der Waals surface area (Å²) in [5, 5.41) is 2.33. The van der Waals surface area contributed by atoms with Crippen LogP contribution in [0, 0.1) is 11.8 Å². The van der Waals surface area contributed by atoms with Crippen LogP contribution in [-0.2, 0) is 11.4 Å². The number of carbonyl (C=O) groups is 1. The molecule has 0 aliphatic carbocycles. The van der Waals surface area contributed by atoms with E-state index in [0.717, 1.165) is 6.08 Å². The van der Waals surface area contributed by atoms with E-state index in [1.807, 2.05) is 0 Å². The lowest BCUT2D eigenvalue weighted by atomic mass is 10.2. The Morgan fingerprint density at radius 3 is 2.81 bits per heavy atom. The van der Waals surface area contributed by atoms with Crippen LogP contribution >= 0.6 is 0 Å². The van der Waals surface area contributed by atoms with E-state index in [4.69, 9.17) is 4.74 Å². The highest BCUT2D eigenvalue weighted by atomic mass is 19.1. The third-order valence-electron chi connectivity index (χ3n) is 2.53. The molecule has 2 rings (SSSR count). The topological polar surface area (TPSA) is 51.2 Å². The van der Waals surface area contributed by atoms with Crippen LogP contribution < -0.4 is 10.1 Å².